The second kappa shape index (κ2) is 19.4. The number of benzene rings is 10. The number of hydrogen-bond donors (Lipinski definition) is 0. The fourth-order valence-corrected chi connectivity index (χ4v) is 13.8. The van der Waals surface area contributed by atoms with Crippen LogP contribution in [0, 0.1) is 0 Å². The van der Waals surface area contributed by atoms with Crippen LogP contribution in [0.1, 0.15) is 132 Å². The van der Waals surface area contributed by atoms with Crippen molar-refractivity contribution in [2.75, 3.05) is 14.7 Å². The second-order valence-electron chi connectivity index (χ2n) is 29.4. The van der Waals surface area contributed by atoms with E-state index < -0.39 is 0 Å². The maximum atomic E-state index is 7.33. The second-order valence-corrected chi connectivity index (χ2v) is 29.4. The van der Waals surface area contributed by atoms with E-state index in [9.17, 15) is 0 Å². The Bertz CT molecular complexity index is 4680. The first-order valence-electron chi connectivity index (χ1n) is 30.9. The molecule has 0 spiro atoms. The van der Waals surface area contributed by atoms with Crippen LogP contribution >= 0.6 is 0 Å². The van der Waals surface area contributed by atoms with Gasteiger partial charge in [-0.25, -0.2) is 0 Å². The third-order valence-electron chi connectivity index (χ3n) is 18.4. The van der Waals surface area contributed by atoms with Crippen LogP contribution in [0.15, 0.2) is 209 Å². The number of anilines is 9. The van der Waals surface area contributed by atoms with Crippen molar-refractivity contribution in [3.63, 3.8) is 0 Å². The highest BCUT2D eigenvalue weighted by molar-refractivity contribution is 7.00. The summed E-state index contributed by atoms with van der Waals surface area (Å²) in [4.78, 5) is 7.60. The molecular formula is C80H78BN3O2. The summed E-state index contributed by atoms with van der Waals surface area (Å²) >= 11 is 0. The first-order chi connectivity index (χ1) is 40.8. The molecule has 12 aromatic rings. The molecular weight excluding hydrogens is 1050 g/mol. The molecule has 0 amide bonds. The van der Waals surface area contributed by atoms with Gasteiger partial charge in [0.2, 0.25) is 0 Å². The zero-order valence-corrected chi connectivity index (χ0v) is 52.8. The summed E-state index contributed by atoms with van der Waals surface area (Å²) < 4.78 is 14.6. The Kier molecular flexibility index (Phi) is 12.4. The van der Waals surface area contributed by atoms with Crippen molar-refractivity contribution in [3.05, 3.63) is 228 Å². The maximum absolute atomic E-state index is 7.33. The van der Waals surface area contributed by atoms with Crippen LogP contribution < -0.4 is 31.1 Å². The fourth-order valence-electron chi connectivity index (χ4n) is 13.8. The van der Waals surface area contributed by atoms with Crippen molar-refractivity contribution in [2.24, 2.45) is 0 Å². The van der Waals surface area contributed by atoms with Crippen molar-refractivity contribution < 1.29 is 8.83 Å². The average Bonchev–Trinajstić information content (AvgIpc) is 0.840. The van der Waals surface area contributed by atoms with Crippen molar-refractivity contribution in [1.29, 1.82) is 0 Å². The number of nitrogens with zero attached hydrogens (tertiary/aromatic N) is 3. The van der Waals surface area contributed by atoms with Gasteiger partial charge in [0.25, 0.3) is 6.71 Å². The molecule has 428 valence electrons. The molecule has 0 radical (unpaired) electrons. The van der Waals surface area contributed by atoms with E-state index in [1.807, 2.05) is 0 Å². The first-order valence-corrected chi connectivity index (χ1v) is 30.9. The Labute approximate surface area is 509 Å². The summed E-state index contributed by atoms with van der Waals surface area (Å²) in [5, 5.41) is 4.44. The number of furan rings is 2. The van der Waals surface area contributed by atoms with E-state index in [1.54, 1.807) is 0 Å². The van der Waals surface area contributed by atoms with Crippen LogP contribution in [-0.4, -0.2) is 6.71 Å². The Morgan fingerprint density at radius 3 is 1.34 bits per heavy atom. The topological polar surface area (TPSA) is 36.0 Å². The van der Waals surface area contributed by atoms with Gasteiger partial charge in [-0.2, -0.15) is 0 Å². The zero-order valence-electron chi connectivity index (χ0n) is 52.8. The molecule has 10 aromatic carbocycles. The number of fused-ring (bicyclic) bond motifs is 10. The molecule has 86 heavy (non-hydrogen) atoms. The molecule has 5 nitrogen and oxygen atoms in total. The van der Waals surface area contributed by atoms with E-state index in [4.69, 9.17) is 8.83 Å². The van der Waals surface area contributed by atoms with Crippen molar-refractivity contribution in [2.45, 2.75) is 131 Å². The quantitative estimate of drug-likeness (QED) is 0.155. The van der Waals surface area contributed by atoms with E-state index in [0.29, 0.717) is 0 Å². The monoisotopic (exact) mass is 1120 g/mol. The molecule has 0 aliphatic carbocycles. The smallest absolute Gasteiger partial charge is 0.252 e. The van der Waals surface area contributed by atoms with E-state index in [1.165, 1.54) is 49.9 Å². The Morgan fingerprint density at radius 2 is 0.779 bits per heavy atom. The van der Waals surface area contributed by atoms with E-state index in [-0.39, 0.29) is 33.8 Å². The Hall–Kier alpha value is -8.74. The lowest BCUT2D eigenvalue weighted by atomic mass is 9.33. The molecule has 0 N–H and O–H groups in total. The van der Waals surface area contributed by atoms with Gasteiger partial charge in [0.1, 0.15) is 16.7 Å². The van der Waals surface area contributed by atoms with E-state index in [2.05, 4.69) is 319 Å². The molecule has 0 fully saturated rings. The highest BCUT2D eigenvalue weighted by Gasteiger charge is 2.46. The SMILES string of the molecule is CC(C)(C)c1ccc(N2c3ccc(C(C)(C)C)cc3B3c4cc(C(C)(C)C)ccc4N(c4ccccc4-c4cccc5c4oc4c(C(C)(C)C)cccc45)c4cc(N(c5ccccc5)c5cccc6c5oc5c(C(C)(C)C)cccc56)cc2c43)cc1. The van der Waals surface area contributed by atoms with Crippen LogP contribution in [-0.2, 0) is 27.1 Å². The molecule has 2 aliphatic rings. The molecule has 2 aliphatic heterocycles. The fraction of sp³-hybridized carbons (Fsp3) is 0.250. The van der Waals surface area contributed by atoms with Gasteiger partial charge in [-0.1, -0.05) is 243 Å². The van der Waals surface area contributed by atoms with Crippen LogP contribution in [0.5, 0.6) is 0 Å². The summed E-state index contributed by atoms with van der Waals surface area (Å²) in [5.74, 6) is 0. The standard InChI is InChI=1S/C80H78BN3O2/c1-76(2,3)49-37-41-53(42-38-49)83-66-43-39-50(77(4,5)6)45-63(66)81-64-46-51(78(7,8)9)40-44-67(64)84(65-35-20-19-27-55(65)56-28-21-29-57-58-30-22-33-61(79(10,11)12)73(58)85-72(56)57)70-48-54(47-69(83)71(70)81)82(52-25-17-16-18-26-52)68-36-24-32-60-59-31-23-34-62(80(13,14)15)74(59)86-75(60)68/h16-48H,1-15H3. The van der Waals surface area contributed by atoms with Gasteiger partial charge < -0.3 is 23.5 Å². The summed E-state index contributed by atoms with van der Waals surface area (Å²) in [6.07, 6.45) is 0. The predicted octanol–water partition coefficient (Wildman–Crippen LogP) is 21.2. The van der Waals surface area contributed by atoms with Gasteiger partial charge in [0.05, 0.1) is 17.1 Å². The zero-order chi connectivity index (χ0) is 60.1. The van der Waals surface area contributed by atoms with Gasteiger partial charge >= 0.3 is 0 Å². The molecule has 0 saturated carbocycles. The molecule has 0 unspecified atom stereocenters. The average molecular weight is 1120 g/mol. The summed E-state index contributed by atoms with van der Waals surface area (Å²) in [7, 11) is 0. The molecule has 2 aromatic heterocycles. The molecule has 0 saturated heterocycles. The summed E-state index contributed by atoms with van der Waals surface area (Å²) in [6, 6.07) is 75.5. The van der Waals surface area contributed by atoms with Crippen LogP contribution in [0.2, 0.25) is 0 Å². The number of para-hydroxylation sites is 6. The lowest BCUT2D eigenvalue weighted by molar-refractivity contribution is 0.572. The minimum Gasteiger partial charge on any atom is -0.455 e. The normalized spacial score (nSPS) is 13.7. The Balaban J connectivity index is 1.13. The van der Waals surface area contributed by atoms with E-state index in [0.717, 1.165) is 101 Å². The molecule has 14 rings (SSSR count). The van der Waals surface area contributed by atoms with Crippen molar-refractivity contribution in [3.8, 4) is 11.1 Å². The third-order valence-corrected chi connectivity index (χ3v) is 18.4. The van der Waals surface area contributed by atoms with Gasteiger partial charge in [0, 0.05) is 77.9 Å². The Morgan fingerprint density at radius 1 is 0.326 bits per heavy atom. The van der Waals surface area contributed by atoms with Crippen LogP contribution in [0.25, 0.3) is 55.0 Å². The van der Waals surface area contributed by atoms with E-state index >= 15 is 0 Å². The van der Waals surface area contributed by atoms with Crippen LogP contribution in [0.3, 0.4) is 0 Å². The molecule has 0 bridgehead atoms. The van der Waals surface area contributed by atoms with Gasteiger partial charge in [-0.05, 0) is 121 Å². The summed E-state index contributed by atoms with van der Waals surface area (Å²) in [6.45, 7) is 34.5. The minimum absolute atomic E-state index is 0.0322. The number of rotatable bonds is 6. The molecule has 0 atom stereocenters. The largest absolute Gasteiger partial charge is 0.455 e. The van der Waals surface area contributed by atoms with Crippen LogP contribution in [0.4, 0.5) is 51.2 Å². The van der Waals surface area contributed by atoms with Gasteiger partial charge in [0.15, 0.2) is 5.58 Å². The van der Waals surface area contributed by atoms with Crippen molar-refractivity contribution >= 4 is 118 Å². The number of hydrogen-bond acceptors (Lipinski definition) is 5. The van der Waals surface area contributed by atoms with Gasteiger partial charge in [-0.3, -0.25) is 0 Å². The molecule has 4 heterocycles. The predicted molar refractivity (Wildman–Crippen MR) is 369 cm³/mol. The highest BCUT2D eigenvalue weighted by Crippen LogP contribution is 2.53. The van der Waals surface area contributed by atoms with Gasteiger partial charge in [-0.15, -0.1) is 0 Å². The lowest BCUT2D eigenvalue weighted by Gasteiger charge is -2.46. The minimum atomic E-state index is -0.141. The summed E-state index contributed by atoms with van der Waals surface area (Å²) in [5.41, 5.74) is 25.0. The third kappa shape index (κ3) is 8.88. The molecule has 6 heteroatoms. The van der Waals surface area contributed by atoms with Crippen molar-refractivity contribution in [1.82, 2.24) is 0 Å². The lowest BCUT2D eigenvalue weighted by Crippen LogP contribution is -2.61. The first kappa shape index (κ1) is 55.2. The maximum Gasteiger partial charge on any atom is 0.252 e. The highest BCUT2D eigenvalue weighted by atomic mass is 16.3.